The van der Waals surface area contributed by atoms with E-state index < -0.39 is 0 Å². The van der Waals surface area contributed by atoms with Crippen molar-refractivity contribution in [1.82, 2.24) is 15.6 Å². The predicted octanol–water partition coefficient (Wildman–Crippen LogP) is 1.15. The molecule has 5 heteroatoms. The number of halogens is 1. The van der Waals surface area contributed by atoms with Crippen LogP contribution >= 0.6 is 0 Å². The van der Waals surface area contributed by atoms with E-state index in [4.69, 9.17) is 0 Å². The molecule has 1 saturated carbocycles. The zero-order valence-corrected chi connectivity index (χ0v) is 9.74. The van der Waals surface area contributed by atoms with Crippen LogP contribution in [0.3, 0.4) is 0 Å². The molecule has 92 valence electrons. The summed E-state index contributed by atoms with van der Waals surface area (Å²) >= 11 is 0. The summed E-state index contributed by atoms with van der Waals surface area (Å²) in [5, 5.41) is 5.94. The number of hydrogen-bond acceptors (Lipinski definition) is 3. The predicted molar refractivity (Wildman–Crippen MR) is 61.8 cm³/mol. The van der Waals surface area contributed by atoms with Crippen molar-refractivity contribution in [2.45, 2.75) is 31.8 Å². The molecule has 1 aliphatic carbocycles. The van der Waals surface area contributed by atoms with Gasteiger partial charge < -0.3 is 10.6 Å². The van der Waals surface area contributed by atoms with E-state index >= 15 is 0 Å². The Morgan fingerprint density at radius 1 is 1.59 bits per heavy atom. The highest BCUT2D eigenvalue weighted by Crippen LogP contribution is 2.18. The number of carbonyl (C=O) groups excluding carboxylic acids is 1. The molecule has 2 rings (SSSR count). The molecule has 0 aromatic carbocycles. The topological polar surface area (TPSA) is 54.0 Å². The standard InChI is InChI=1S/C12H16FN3O/c1-8(11-5-2-9(13)6-15-11)14-7-12(17)16-10-3-4-10/h2,5-6,8,10,14H,3-4,7H2,1H3,(H,16,17). The van der Waals surface area contributed by atoms with Crippen LogP contribution in [0.4, 0.5) is 4.39 Å². The highest BCUT2D eigenvalue weighted by molar-refractivity contribution is 5.78. The molecule has 0 saturated heterocycles. The lowest BCUT2D eigenvalue weighted by Gasteiger charge is -2.12. The van der Waals surface area contributed by atoms with Crippen LogP contribution in [0, 0.1) is 5.82 Å². The molecule has 1 unspecified atom stereocenters. The van der Waals surface area contributed by atoms with E-state index in [9.17, 15) is 9.18 Å². The minimum absolute atomic E-state index is 0.00135. The minimum Gasteiger partial charge on any atom is -0.352 e. The van der Waals surface area contributed by atoms with Crippen molar-refractivity contribution >= 4 is 5.91 Å². The van der Waals surface area contributed by atoms with Gasteiger partial charge in [-0.1, -0.05) is 0 Å². The average molecular weight is 237 g/mol. The van der Waals surface area contributed by atoms with Gasteiger partial charge in [-0.3, -0.25) is 9.78 Å². The van der Waals surface area contributed by atoms with Crippen LogP contribution in [0.2, 0.25) is 0 Å². The second kappa shape index (κ2) is 5.23. The molecule has 1 aromatic heterocycles. The summed E-state index contributed by atoms with van der Waals surface area (Å²) in [7, 11) is 0. The lowest BCUT2D eigenvalue weighted by atomic mass is 10.2. The summed E-state index contributed by atoms with van der Waals surface area (Å²) in [4.78, 5) is 15.4. The molecular formula is C12H16FN3O. The van der Waals surface area contributed by atoms with Gasteiger partial charge in [-0.15, -0.1) is 0 Å². The average Bonchev–Trinajstić information content (AvgIpc) is 3.11. The molecule has 1 fully saturated rings. The van der Waals surface area contributed by atoms with Crippen molar-refractivity contribution in [2.24, 2.45) is 0 Å². The van der Waals surface area contributed by atoms with E-state index in [1.165, 1.54) is 12.3 Å². The first-order valence-electron chi connectivity index (χ1n) is 5.79. The first-order valence-corrected chi connectivity index (χ1v) is 5.79. The molecule has 4 nitrogen and oxygen atoms in total. The summed E-state index contributed by atoms with van der Waals surface area (Å²) in [5.41, 5.74) is 0.727. The third-order valence-corrected chi connectivity index (χ3v) is 2.71. The third kappa shape index (κ3) is 3.78. The molecule has 0 bridgehead atoms. The molecule has 0 spiro atoms. The highest BCUT2D eigenvalue weighted by Gasteiger charge is 2.23. The van der Waals surface area contributed by atoms with Crippen LogP contribution in [-0.2, 0) is 4.79 Å². The van der Waals surface area contributed by atoms with Gasteiger partial charge >= 0.3 is 0 Å². The minimum atomic E-state index is -0.354. The van der Waals surface area contributed by atoms with Gasteiger partial charge in [0.05, 0.1) is 18.4 Å². The molecule has 2 N–H and O–H groups in total. The first kappa shape index (κ1) is 12.0. The van der Waals surface area contributed by atoms with E-state index in [1.54, 1.807) is 6.07 Å². The van der Waals surface area contributed by atoms with Crippen molar-refractivity contribution in [3.05, 3.63) is 29.8 Å². The summed E-state index contributed by atoms with van der Waals surface area (Å²) in [5.74, 6) is -0.353. The van der Waals surface area contributed by atoms with Crippen LogP contribution in [0.1, 0.15) is 31.5 Å². The monoisotopic (exact) mass is 237 g/mol. The SMILES string of the molecule is CC(NCC(=O)NC1CC1)c1ccc(F)cn1. The Labute approximate surface area is 99.6 Å². The maximum Gasteiger partial charge on any atom is 0.234 e. The van der Waals surface area contributed by atoms with Gasteiger partial charge in [-0.05, 0) is 31.9 Å². The molecule has 0 radical (unpaired) electrons. The molecule has 0 aliphatic heterocycles. The number of nitrogens with zero attached hydrogens (tertiary/aromatic N) is 1. The van der Waals surface area contributed by atoms with Crippen LogP contribution in [0.5, 0.6) is 0 Å². The number of hydrogen-bond donors (Lipinski definition) is 2. The fraction of sp³-hybridized carbons (Fsp3) is 0.500. The number of aromatic nitrogens is 1. The maximum absolute atomic E-state index is 12.7. The van der Waals surface area contributed by atoms with Crippen LogP contribution in [-0.4, -0.2) is 23.5 Å². The number of nitrogens with one attached hydrogen (secondary N) is 2. The van der Waals surface area contributed by atoms with Crippen molar-refractivity contribution in [3.63, 3.8) is 0 Å². The lowest BCUT2D eigenvalue weighted by molar-refractivity contribution is -0.120. The lowest BCUT2D eigenvalue weighted by Crippen LogP contribution is -2.36. The number of rotatable bonds is 5. The van der Waals surface area contributed by atoms with Gasteiger partial charge in [0.25, 0.3) is 0 Å². The second-order valence-electron chi connectivity index (χ2n) is 4.35. The first-order chi connectivity index (χ1) is 8.15. The van der Waals surface area contributed by atoms with Crippen LogP contribution in [0.15, 0.2) is 18.3 Å². The third-order valence-electron chi connectivity index (χ3n) is 2.71. The van der Waals surface area contributed by atoms with E-state index in [0.29, 0.717) is 6.04 Å². The van der Waals surface area contributed by atoms with Crippen LogP contribution in [0.25, 0.3) is 0 Å². The quantitative estimate of drug-likeness (QED) is 0.807. The molecule has 1 atom stereocenters. The summed E-state index contributed by atoms with van der Waals surface area (Å²) in [6, 6.07) is 3.29. The zero-order valence-electron chi connectivity index (χ0n) is 9.74. The van der Waals surface area contributed by atoms with Crippen LogP contribution < -0.4 is 10.6 Å². The summed E-state index contributed by atoms with van der Waals surface area (Å²) in [6.45, 7) is 2.15. The Bertz CT molecular complexity index is 389. The smallest absolute Gasteiger partial charge is 0.234 e. The molecular weight excluding hydrogens is 221 g/mol. The number of carbonyl (C=O) groups is 1. The fourth-order valence-corrected chi connectivity index (χ4v) is 1.50. The van der Waals surface area contributed by atoms with Gasteiger partial charge in [0, 0.05) is 12.1 Å². The van der Waals surface area contributed by atoms with Crippen molar-refractivity contribution in [2.75, 3.05) is 6.54 Å². The van der Waals surface area contributed by atoms with Crippen molar-refractivity contribution in [1.29, 1.82) is 0 Å². The number of pyridine rings is 1. The summed E-state index contributed by atoms with van der Waals surface area (Å²) in [6.07, 6.45) is 3.35. The molecule has 1 aromatic rings. The summed E-state index contributed by atoms with van der Waals surface area (Å²) < 4.78 is 12.7. The van der Waals surface area contributed by atoms with Crippen molar-refractivity contribution in [3.8, 4) is 0 Å². The van der Waals surface area contributed by atoms with Crippen molar-refractivity contribution < 1.29 is 9.18 Å². The molecule has 1 heterocycles. The van der Waals surface area contributed by atoms with Gasteiger partial charge in [-0.2, -0.15) is 0 Å². The molecule has 1 aliphatic rings. The maximum atomic E-state index is 12.7. The Hall–Kier alpha value is -1.49. The zero-order chi connectivity index (χ0) is 12.3. The number of amides is 1. The molecule has 17 heavy (non-hydrogen) atoms. The van der Waals surface area contributed by atoms with E-state index in [-0.39, 0.29) is 24.3 Å². The van der Waals surface area contributed by atoms with Gasteiger partial charge in [0.1, 0.15) is 5.82 Å². The fourth-order valence-electron chi connectivity index (χ4n) is 1.50. The Morgan fingerprint density at radius 2 is 2.35 bits per heavy atom. The Balaban J connectivity index is 1.77. The van der Waals surface area contributed by atoms with Gasteiger partial charge in [0.2, 0.25) is 5.91 Å². The van der Waals surface area contributed by atoms with E-state index in [1.807, 2.05) is 6.92 Å². The normalized spacial score (nSPS) is 16.6. The van der Waals surface area contributed by atoms with E-state index in [0.717, 1.165) is 18.5 Å². The second-order valence-corrected chi connectivity index (χ2v) is 4.35. The Kier molecular flexibility index (Phi) is 3.68. The highest BCUT2D eigenvalue weighted by atomic mass is 19.1. The van der Waals surface area contributed by atoms with Gasteiger partial charge in [-0.25, -0.2) is 4.39 Å². The molecule has 1 amide bonds. The van der Waals surface area contributed by atoms with E-state index in [2.05, 4.69) is 15.6 Å². The Morgan fingerprint density at radius 3 is 2.94 bits per heavy atom. The van der Waals surface area contributed by atoms with Gasteiger partial charge in [0.15, 0.2) is 0 Å². The largest absolute Gasteiger partial charge is 0.352 e.